The highest BCUT2D eigenvalue weighted by molar-refractivity contribution is 7.13. The van der Waals surface area contributed by atoms with Crippen molar-refractivity contribution < 1.29 is 0 Å². The fourth-order valence-corrected chi connectivity index (χ4v) is 2.68. The zero-order valence-electron chi connectivity index (χ0n) is 9.11. The van der Waals surface area contributed by atoms with Crippen LogP contribution in [-0.4, -0.2) is 6.54 Å². The Kier molecular flexibility index (Phi) is 3.64. The van der Waals surface area contributed by atoms with Crippen LogP contribution in [-0.2, 0) is 0 Å². The van der Waals surface area contributed by atoms with Gasteiger partial charge < -0.3 is 5.73 Å². The molecule has 1 nitrogen and oxygen atoms in total. The predicted octanol–water partition coefficient (Wildman–Crippen LogP) is 4.13. The molecule has 1 aromatic carbocycles. The zero-order chi connectivity index (χ0) is 11.5. The molecule has 16 heavy (non-hydrogen) atoms. The normalized spacial score (nSPS) is 12.7. The number of nitrogens with two attached hydrogens (primary N) is 1. The summed E-state index contributed by atoms with van der Waals surface area (Å²) in [4.78, 5) is 1.27. The van der Waals surface area contributed by atoms with E-state index in [0.717, 1.165) is 5.02 Å². The van der Waals surface area contributed by atoms with E-state index < -0.39 is 0 Å². The van der Waals surface area contributed by atoms with Crippen molar-refractivity contribution >= 4 is 22.9 Å². The van der Waals surface area contributed by atoms with Crippen molar-refractivity contribution in [3.63, 3.8) is 0 Å². The van der Waals surface area contributed by atoms with Crippen LogP contribution in [0.3, 0.4) is 0 Å². The highest BCUT2D eigenvalue weighted by Crippen LogP contribution is 2.30. The Morgan fingerprint density at radius 3 is 2.62 bits per heavy atom. The second kappa shape index (κ2) is 5.00. The van der Waals surface area contributed by atoms with Crippen molar-refractivity contribution in [2.45, 2.75) is 12.8 Å². The molecule has 0 fully saturated rings. The van der Waals surface area contributed by atoms with Crippen LogP contribution in [0, 0.1) is 0 Å². The maximum Gasteiger partial charge on any atom is 0.0406 e. The summed E-state index contributed by atoms with van der Waals surface area (Å²) in [6, 6.07) is 10.1. The van der Waals surface area contributed by atoms with Crippen molar-refractivity contribution in [1.82, 2.24) is 0 Å². The lowest BCUT2D eigenvalue weighted by Gasteiger charge is -2.03. The monoisotopic (exact) mass is 251 g/mol. The Bertz CT molecular complexity index is 461. The van der Waals surface area contributed by atoms with E-state index in [0.29, 0.717) is 12.5 Å². The number of rotatable bonds is 3. The summed E-state index contributed by atoms with van der Waals surface area (Å²) in [5.41, 5.74) is 8.19. The topological polar surface area (TPSA) is 26.0 Å². The van der Waals surface area contributed by atoms with Gasteiger partial charge in [-0.3, -0.25) is 0 Å². The van der Waals surface area contributed by atoms with Gasteiger partial charge in [0.1, 0.15) is 0 Å². The van der Waals surface area contributed by atoms with Gasteiger partial charge in [0.2, 0.25) is 0 Å². The molecule has 84 valence electrons. The quantitative estimate of drug-likeness (QED) is 0.872. The van der Waals surface area contributed by atoms with Gasteiger partial charge in [0, 0.05) is 9.90 Å². The molecule has 1 unspecified atom stereocenters. The van der Waals surface area contributed by atoms with Gasteiger partial charge in [0.05, 0.1) is 0 Å². The molecule has 2 N–H and O–H groups in total. The van der Waals surface area contributed by atoms with E-state index in [9.17, 15) is 0 Å². The maximum absolute atomic E-state index is 5.86. The maximum atomic E-state index is 5.86. The van der Waals surface area contributed by atoms with Crippen molar-refractivity contribution in [3.05, 3.63) is 46.3 Å². The first-order valence-electron chi connectivity index (χ1n) is 5.25. The van der Waals surface area contributed by atoms with Gasteiger partial charge in [-0.05, 0) is 47.2 Å². The van der Waals surface area contributed by atoms with Crippen LogP contribution in [0.1, 0.15) is 18.4 Å². The first kappa shape index (κ1) is 11.6. The van der Waals surface area contributed by atoms with Crippen molar-refractivity contribution in [1.29, 1.82) is 0 Å². The summed E-state index contributed by atoms with van der Waals surface area (Å²) >= 11 is 7.62. The second-order valence-corrected chi connectivity index (χ2v) is 5.24. The standard InChI is InChI=1S/C13H14ClNS/c1-9(7-15)11-6-13(16-8-11)10-2-4-12(14)5-3-10/h2-6,8-9H,7,15H2,1H3. The number of hydrogen-bond acceptors (Lipinski definition) is 2. The molecule has 0 aliphatic heterocycles. The van der Waals surface area contributed by atoms with Gasteiger partial charge in [0.15, 0.2) is 0 Å². The molecule has 3 heteroatoms. The average molecular weight is 252 g/mol. The summed E-state index contributed by atoms with van der Waals surface area (Å²) in [5.74, 6) is 0.428. The molecule has 1 atom stereocenters. The molecule has 0 amide bonds. The van der Waals surface area contributed by atoms with E-state index in [2.05, 4.69) is 18.4 Å². The molecule has 2 aromatic rings. The van der Waals surface area contributed by atoms with Crippen molar-refractivity contribution in [2.75, 3.05) is 6.54 Å². The third kappa shape index (κ3) is 2.46. The number of thiophene rings is 1. The average Bonchev–Trinajstić information content (AvgIpc) is 2.78. The van der Waals surface area contributed by atoms with E-state index in [1.165, 1.54) is 16.0 Å². The summed E-state index contributed by atoms with van der Waals surface area (Å²) in [5, 5.41) is 2.96. The smallest absolute Gasteiger partial charge is 0.0406 e. The lowest BCUT2D eigenvalue weighted by Crippen LogP contribution is -2.07. The highest BCUT2D eigenvalue weighted by atomic mass is 35.5. The zero-order valence-corrected chi connectivity index (χ0v) is 10.7. The summed E-state index contributed by atoms with van der Waals surface area (Å²) < 4.78 is 0. The molecule has 0 bridgehead atoms. The van der Waals surface area contributed by atoms with E-state index in [1.807, 2.05) is 24.3 Å². The Morgan fingerprint density at radius 2 is 2.00 bits per heavy atom. The van der Waals surface area contributed by atoms with Crippen LogP contribution >= 0.6 is 22.9 Å². The number of halogens is 1. The van der Waals surface area contributed by atoms with E-state index >= 15 is 0 Å². The third-order valence-corrected chi connectivity index (χ3v) is 3.92. The molecule has 1 aromatic heterocycles. The van der Waals surface area contributed by atoms with Crippen LogP contribution in [0.15, 0.2) is 35.7 Å². The Hall–Kier alpha value is -0.830. The Morgan fingerprint density at radius 1 is 1.31 bits per heavy atom. The molecule has 0 aliphatic carbocycles. The minimum atomic E-state index is 0.428. The molecule has 0 saturated heterocycles. The highest BCUT2D eigenvalue weighted by Gasteiger charge is 2.07. The summed E-state index contributed by atoms with van der Waals surface area (Å²) in [7, 11) is 0. The Labute approximate surface area is 105 Å². The second-order valence-electron chi connectivity index (χ2n) is 3.89. The van der Waals surface area contributed by atoms with Gasteiger partial charge in [-0.15, -0.1) is 11.3 Å². The number of hydrogen-bond donors (Lipinski definition) is 1. The summed E-state index contributed by atoms with van der Waals surface area (Å²) in [6.07, 6.45) is 0. The minimum Gasteiger partial charge on any atom is -0.330 e. The van der Waals surface area contributed by atoms with Gasteiger partial charge in [-0.25, -0.2) is 0 Å². The van der Waals surface area contributed by atoms with Gasteiger partial charge in [0.25, 0.3) is 0 Å². The fraction of sp³-hybridized carbons (Fsp3) is 0.231. The van der Waals surface area contributed by atoms with E-state index in [1.54, 1.807) is 11.3 Å². The largest absolute Gasteiger partial charge is 0.330 e. The van der Waals surface area contributed by atoms with E-state index in [-0.39, 0.29) is 0 Å². The lowest BCUT2D eigenvalue weighted by molar-refractivity contribution is 0.778. The van der Waals surface area contributed by atoms with Crippen LogP contribution in [0.5, 0.6) is 0 Å². The lowest BCUT2D eigenvalue weighted by atomic mass is 10.0. The first-order chi connectivity index (χ1) is 7.70. The summed E-state index contributed by atoms with van der Waals surface area (Å²) in [6.45, 7) is 2.84. The Balaban J connectivity index is 2.28. The number of benzene rings is 1. The predicted molar refractivity (Wildman–Crippen MR) is 72.2 cm³/mol. The molecule has 2 rings (SSSR count). The third-order valence-electron chi connectivity index (χ3n) is 2.67. The van der Waals surface area contributed by atoms with Crippen LogP contribution in [0.2, 0.25) is 5.02 Å². The first-order valence-corrected chi connectivity index (χ1v) is 6.51. The molecule has 0 aliphatic rings. The van der Waals surface area contributed by atoms with Gasteiger partial charge in [-0.2, -0.15) is 0 Å². The fourth-order valence-electron chi connectivity index (χ4n) is 1.51. The van der Waals surface area contributed by atoms with Gasteiger partial charge in [-0.1, -0.05) is 30.7 Å². The molecular weight excluding hydrogens is 238 g/mol. The van der Waals surface area contributed by atoms with Crippen molar-refractivity contribution in [3.8, 4) is 10.4 Å². The molecule has 0 spiro atoms. The SMILES string of the molecule is CC(CN)c1csc(-c2ccc(Cl)cc2)c1. The van der Waals surface area contributed by atoms with E-state index in [4.69, 9.17) is 17.3 Å². The van der Waals surface area contributed by atoms with Crippen LogP contribution in [0.4, 0.5) is 0 Å². The van der Waals surface area contributed by atoms with Gasteiger partial charge >= 0.3 is 0 Å². The molecule has 0 saturated carbocycles. The van der Waals surface area contributed by atoms with Crippen molar-refractivity contribution in [2.24, 2.45) is 5.73 Å². The molecule has 1 heterocycles. The molecule has 0 radical (unpaired) electrons. The van der Waals surface area contributed by atoms with Crippen LogP contribution < -0.4 is 5.73 Å². The minimum absolute atomic E-state index is 0.428. The van der Waals surface area contributed by atoms with Crippen LogP contribution in [0.25, 0.3) is 10.4 Å². The molecular formula is C13H14ClNS.